The summed E-state index contributed by atoms with van der Waals surface area (Å²) in [6, 6.07) is 11.8. The number of H-pyrrole nitrogens is 1. The molecule has 26 heavy (non-hydrogen) atoms. The van der Waals surface area contributed by atoms with Gasteiger partial charge in [-0.3, -0.25) is 14.7 Å². The van der Waals surface area contributed by atoms with Gasteiger partial charge in [0.2, 0.25) is 0 Å². The number of para-hydroxylation sites is 1. The number of halogens is 1. The lowest BCUT2D eigenvalue weighted by atomic mass is 10.2. The molecule has 1 aromatic carbocycles. The molecule has 1 amide bonds. The molecular weight excluding hydrogens is 348 g/mol. The molecule has 0 radical (unpaired) electrons. The van der Waals surface area contributed by atoms with Gasteiger partial charge in [-0.2, -0.15) is 0 Å². The Morgan fingerprint density at radius 3 is 2.69 bits per heavy atom. The Bertz CT molecular complexity index is 909. The van der Waals surface area contributed by atoms with Crippen LogP contribution in [-0.2, 0) is 6.54 Å². The average molecular weight is 369 g/mol. The topological polar surface area (TPSA) is 52.2 Å². The van der Waals surface area contributed by atoms with E-state index in [0.717, 1.165) is 43.5 Å². The standard InChI is InChI=1S/C20H21ClN4O/c21-18-16-4-1-2-5-17(16)23-19(18)20(26)25-11-3-10-24(12-13-25)14-15-6-8-22-9-7-15/h1-2,4-9,23H,3,10-14H2. The van der Waals surface area contributed by atoms with Crippen LogP contribution >= 0.6 is 11.6 Å². The summed E-state index contributed by atoms with van der Waals surface area (Å²) < 4.78 is 0. The Morgan fingerprint density at radius 2 is 1.88 bits per heavy atom. The second-order valence-electron chi connectivity index (χ2n) is 6.64. The van der Waals surface area contributed by atoms with Gasteiger partial charge in [-0.05, 0) is 30.2 Å². The smallest absolute Gasteiger partial charge is 0.271 e. The number of pyridine rings is 1. The normalized spacial score (nSPS) is 16.0. The molecule has 0 unspecified atom stereocenters. The van der Waals surface area contributed by atoms with E-state index in [2.05, 4.69) is 14.9 Å². The van der Waals surface area contributed by atoms with Crippen molar-refractivity contribution < 1.29 is 4.79 Å². The van der Waals surface area contributed by atoms with Crippen molar-refractivity contribution in [2.24, 2.45) is 0 Å². The quantitative estimate of drug-likeness (QED) is 0.769. The summed E-state index contributed by atoms with van der Waals surface area (Å²) in [5.74, 6) is -0.0167. The van der Waals surface area contributed by atoms with Crippen molar-refractivity contribution in [3.8, 4) is 0 Å². The average Bonchev–Trinajstić information content (AvgIpc) is 2.85. The minimum absolute atomic E-state index is 0.0167. The van der Waals surface area contributed by atoms with Crippen molar-refractivity contribution in [3.05, 3.63) is 65.1 Å². The fourth-order valence-electron chi connectivity index (χ4n) is 3.49. The van der Waals surface area contributed by atoms with Crippen molar-refractivity contribution in [2.45, 2.75) is 13.0 Å². The highest BCUT2D eigenvalue weighted by Crippen LogP contribution is 2.28. The number of rotatable bonds is 3. The monoisotopic (exact) mass is 368 g/mol. The zero-order chi connectivity index (χ0) is 17.9. The Kier molecular flexibility index (Phi) is 4.91. The Balaban J connectivity index is 1.46. The van der Waals surface area contributed by atoms with E-state index < -0.39 is 0 Å². The predicted octanol–water partition coefficient (Wildman–Crippen LogP) is 3.56. The molecule has 3 heterocycles. The molecule has 4 rings (SSSR count). The molecule has 6 heteroatoms. The molecule has 0 saturated carbocycles. The van der Waals surface area contributed by atoms with Crippen molar-refractivity contribution in [1.82, 2.24) is 19.8 Å². The highest BCUT2D eigenvalue weighted by atomic mass is 35.5. The Labute approximate surface area is 157 Å². The van der Waals surface area contributed by atoms with E-state index in [1.54, 1.807) is 0 Å². The minimum Gasteiger partial charge on any atom is -0.349 e. The van der Waals surface area contributed by atoms with Gasteiger partial charge in [0.25, 0.3) is 5.91 Å². The van der Waals surface area contributed by atoms with Gasteiger partial charge < -0.3 is 9.88 Å². The number of aromatic nitrogens is 2. The third-order valence-electron chi connectivity index (χ3n) is 4.89. The lowest BCUT2D eigenvalue weighted by Gasteiger charge is -2.21. The highest BCUT2D eigenvalue weighted by Gasteiger charge is 2.24. The summed E-state index contributed by atoms with van der Waals surface area (Å²) in [5.41, 5.74) is 2.64. The summed E-state index contributed by atoms with van der Waals surface area (Å²) in [5, 5.41) is 1.41. The highest BCUT2D eigenvalue weighted by molar-refractivity contribution is 6.38. The van der Waals surface area contributed by atoms with Crippen LogP contribution in [-0.4, -0.2) is 51.9 Å². The number of aromatic amines is 1. The summed E-state index contributed by atoms with van der Waals surface area (Å²) in [4.78, 5) is 24.5. The molecule has 1 saturated heterocycles. The van der Waals surface area contributed by atoms with Crippen LogP contribution in [0, 0.1) is 0 Å². The van der Waals surface area contributed by atoms with Gasteiger partial charge in [0.05, 0.1) is 5.02 Å². The van der Waals surface area contributed by atoms with Gasteiger partial charge in [-0.15, -0.1) is 0 Å². The number of nitrogens with zero attached hydrogens (tertiary/aromatic N) is 3. The molecule has 1 aliphatic heterocycles. The molecule has 1 N–H and O–H groups in total. The van der Waals surface area contributed by atoms with Gasteiger partial charge in [-0.25, -0.2) is 0 Å². The van der Waals surface area contributed by atoms with Crippen molar-refractivity contribution >= 4 is 28.4 Å². The second-order valence-corrected chi connectivity index (χ2v) is 7.01. The van der Waals surface area contributed by atoms with E-state index >= 15 is 0 Å². The fourth-order valence-corrected chi connectivity index (χ4v) is 3.78. The first-order valence-corrected chi connectivity index (χ1v) is 9.27. The number of carbonyl (C=O) groups excluding carboxylic acids is 1. The van der Waals surface area contributed by atoms with Crippen LogP contribution in [0.15, 0.2) is 48.8 Å². The maximum atomic E-state index is 13.0. The summed E-state index contributed by atoms with van der Waals surface area (Å²) in [6.45, 7) is 4.17. The van der Waals surface area contributed by atoms with E-state index in [0.29, 0.717) is 17.3 Å². The summed E-state index contributed by atoms with van der Waals surface area (Å²) in [7, 11) is 0. The van der Waals surface area contributed by atoms with Crippen LogP contribution < -0.4 is 0 Å². The fraction of sp³-hybridized carbons (Fsp3) is 0.300. The van der Waals surface area contributed by atoms with Crippen LogP contribution in [0.1, 0.15) is 22.5 Å². The molecular formula is C20H21ClN4O. The number of carbonyl (C=O) groups is 1. The molecule has 3 aromatic rings. The van der Waals surface area contributed by atoms with E-state index in [9.17, 15) is 4.79 Å². The molecule has 134 valence electrons. The van der Waals surface area contributed by atoms with Gasteiger partial charge in [0, 0.05) is 56.0 Å². The third-order valence-corrected chi connectivity index (χ3v) is 5.28. The first kappa shape index (κ1) is 17.1. The first-order chi connectivity index (χ1) is 12.7. The van der Waals surface area contributed by atoms with Crippen molar-refractivity contribution in [1.29, 1.82) is 0 Å². The first-order valence-electron chi connectivity index (χ1n) is 8.89. The Hall–Kier alpha value is -2.37. The molecule has 1 aliphatic rings. The van der Waals surface area contributed by atoms with Gasteiger partial charge >= 0.3 is 0 Å². The van der Waals surface area contributed by atoms with Crippen LogP contribution in [0.25, 0.3) is 10.9 Å². The maximum absolute atomic E-state index is 13.0. The molecule has 0 atom stereocenters. The number of nitrogens with one attached hydrogen (secondary N) is 1. The molecule has 1 fully saturated rings. The van der Waals surface area contributed by atoms with Crippen molar-refractivity contribution in [2.75, 3.05) is 26.2 Å². The molecule has 2 aromatic heterocycles. The SMILES string of the molecule is O=C(c1[nH]c2ccccc2c1Cl)N1CCCN(Cc2ccncc2)CC1. The molecule has 0 aliphatic carbocycles. The van der Waals surface area contributed by atoms with Crippen LogP contribution in [0.3, 0.4) is 0 Å². The number of amides is 1. The molecule has 5 nitrogen and oxygen atoms in total. The lowest BCUT2D eigenvalue weighted by molar-refractivity contribution is 0.0756. The van der Waals surface area contributed by atoms with Gasteiger partial charge in [-0.1, -0.05) is 29.8 Å². The third kappa shape index (κ3) is 3.45. The number of fused-ring (bicyclic) bond motifs is 1. The van der Waals surface area contributed by atoms with E-state index in [1.807, 2.05) is 53.7 Å². The van der Waals surface area contributed by atoms with Crippen LogP contribution in [0.2, 0.25) is 5.02 Å². The van der Waals surface area contributed by atoms with Gasteiger partial charge in [0.15, 0.2) is 0 Å². The van der Waals surface area contributed by atoms with Crippen LogP contribution in [0.4, 0.5) is 0 Å². The molecule has 0 spiro atoms. The minimum atomic E-state index is -0.0167. The van der Waals surface area contributed by atoms with Crippen LogP contribution in [0.5, 0.6) is 0 Å². The maximum Gasteiger partial charge on any atom is 0.271 e. The molecule has 0 bridgehead atoms. The van der Waals surface area contributed by atoms with Crippen molar-refractivity contribution in [3.63, 3.8) is 0 Å². The largest absolute Gasteiger partial charge is 0.349 e. The number of benzene rings is 1. The zero-order valence-corrected chi connectivity index (χ0v) is 15.2. The lowest BCUT2D eigenvalue weighted by Crippen LogP contribution is -2.35. The zero-order valence-electron chi connectivity index (χ0n) is 14.5. The van der Waals surface area contributed by atoms with Gasteiger partial charge in [0.1, 0.15) is 5.69 Å². The van der Waals surface area contributed by atoms with E-state index in [1.165, 1.54) is 5.56 Å². The summed E-state index contributed by atoms with van der Waals surface area (Å²) >= 11 is 6.45. The second kappa shape index (κ2) is 7.48. The number of hydrogen-bond acceptors (Lipinski definition) is 3. The Morgan fingerprint density at radius 1 is 1.08 bits per heavy atom. The summed E-state index contributed by atoms with van der Waals surface area (Å²) in [6.07, 6.45) is 4.59. The van der Waals surface area contributed by atoms with E-state index in [4.69, 9.17) is 11.6 Å². The number of hydrogen-bond donors (Lipinski definition) is 1. The predicted molar refractivity (Wildman–Crippen MR) is 103 cm³/mol. The van der Waals surface area contributed by atoms with E-state index in [-0.39, 0.29) is 5.91 Å².